The van der Waals surface area contributed by atoms with Crippen LogP contribution in [0.15, 0.2) is 36.7 Å². The van der Waals surface area contributed by atoms with E-state index in [1.807, 2.05) is 52.0 Å². The first kappa shape index (κ1) is 17.6. The summed E-state index contributed by atoms with van der Waals surface area (Å²) in [6, 6.07) is 7.55. The zero-order valence-corrected chi connectivity index (χ0v) is 15.3. The van der Waals surface area contributed by atoms with Crippen LogP contribution in [0.2, 0.25) is 0 Å². The van der Waals surface area contributed by atoms with E-state index < -0.39 is 0 Å². The highest BCUT2D eigenvalue weighted by molar-refractivity contribution is 5.91. The molecule has 7 nitrogen and oxygen atoms in total. The number of nitrogens with one attached hydrogen (secondary N) is 1. The van der Waals surface area contributed by atoms with Gasteiger partial charge in [0.1, 0.15) is 5.75 Å². The van der Waals surface area contributed by atoms with Gasteiger partial charge in [0, 0.05) is 5.69 Å². The molecule has 3 rings (SSSR count). The summed E-state index contributed by atoms with van der Waals surface area (Å²) in [6.07, 6.45) is 3.11. The molecule has 2 aromatic heterocycles. The topological polar surface area (TPSA) is 81.9 Å². The molecule has 3 aromatic rings. The average Bonchev–Trinajstić information content (AvgIpc) is 2.89. The van der Waals surface area contributed by atoms with Crippen molar-refractivity contribution in [3.63, 3.8) is 0 Å². The maximum atomic E-state index is 12.0. The molecule has 1 N–H and O–H groups in total. The van der Waals surface area contributed by atoms with Crippen LogP contribution in [0.5, 0.6) is 5.75 Å². The molecule has 0 saturated heterocycles. The molecule has 2 heterocycles. The number of para-hydroxylation sites is 1. The summed E-state index contributed by atoms with van der Waals surface area (Å²) in [4.78, 5) is 20.6. The maximum Gasteiger partial charge on any atom is 0.262 e. The minimum atomic E-state index is -0.272. The highest BCUT2D eigenvalue weighted by Gasteiger charge is 2.11. The van der Waals surface area contributed by atoms with Crippen molar-refractivity contribution >= 4 is 11.6 Å². The Balaban J connectivity index is 1.63. The number of aromatic nitrogens is 4. The Morgan fingerprint density at radius 2 is 1.81 bits per heavy atom. The SMILES string of the molecule is Cc1ccccc1OCC(=O)Nc1cnc(-n2nc(C)c(C)c2C)nc1. The highest BCUT2D eigenvalue weighted by Crippen LogP contribution is 2.17. The fourth-order valence-corrected chi connectivity index (χ4v) is 2.47. The Hall–Kier alpha value is -3.22. The lowest BCUT2D eigenvalue weighted by Gasteiger charge is -2.09. The standard InChI is InChI=1S/C19H21N5O2/c1-12-7-5-6-8-17(12)26-11-18(25)22-16-9-20-19(21-10-16)24-15(4)13(2)14(3)23-24/h5-10H,11H2,1-4H3,(H,22,25). The molecule has 0 saturated carbocycles. The molecule has 0 atom stereocenters. The summed E-state index contributed by atoms with van der Waals surface area (Å²) in [6.45, 7) is 7.78. The van der Waals surface area contributed by atoms with Gasteiger partial charge in [-0.1, -0.05) is 18.2 Å². The molecule has 0 spiro atoms. The first-order valence-electron chi connectivity index (χ1n) is 8.29. The highest BCUT2D eigenvalue weighted by atomic mass is 16.5. The second-order valence-electron chi connectivity index (χ2n) is 6.08. The van der Waals surface area contributed by atoms with Crippen LogP contribution in [0.3, 0.4) is 0 Å². The minimum Gasteiger partial charge on any atom is -0.483 e. The van der Waals surface area contributed by atoms with E-state index in [9.17, 15) is 4.79 Å². The summed E-state index contributed by atoms with van der Waals surface area (Å²) < 4.78 is 7.22. The number of carbonyl (C=O) groups excluding carboxylic acids is 1. The molecule has 1 aromatic carbocycles. The smallest absolute Gasteiger partial charge is 0.262 e. The number of aryl methyl sites for hydroxylation is 2. The quantitative estimate of drug-likeness (QED) is 0.764. The van der Waals surface area contributed by atoms with E-state index in [2.05, 4.69) is 20.4 Å². The Morgan fingerprint density at radius 1 is 1.12 bits per heavy atom. The first-order valence-corrected chi connectivity index (χ1v) is 8.29. The van der Waals surface area contributed by atoms with Gasteiger partial charge in [-0.25, -0.2) is 14.6 Å². The van der Waals surface area contributed by atoms with Crippen LogP contribution in [-0.2, 0) is 4.79 Å². The number of hydrogen-bond acceptors (Lipinski definition) is 5. The largest absolute Gasteiger partial charge is 0.483 e. The van der Waals surface area contributed by atoms with Gasteiger partial charge in [-0.15, -0.1) is 0 Å². The van der Waals surface area contributed by atoms with Crippen molar-refractivity contribution < 1.29 is 9.53 Å². The van der Waals surface area contributed by atoms with Gasteiger partial charge in [0.15, 0.2) is 6.61 Å². The molecule has 0 aliphatic heterocycles. The summed E-state index contributed by atoms with van der Waals surface area (Å²) in [5.74, 6) is 0.883. The number of amides is 1. The van der Waals surface area contributed by atoms with Crippen LogP contribution in [0.25, 0.3) is 5.95 Å². The summed E-state index contributed by atoms with van der Waals surface area (Å²) in [7, 11) is 0. The third kappa shape index (κ3) is 3.72. The van der Waals surface area contributed by atoms with Crippen molar-refractivity contribution in [2.24, 2.45) is 0 Å². The second-order valence-corrected chi connectivity index (χ2v) is 6.08. The van der Waals surface area contributed by atoms with Crippen LogP contribution in [0.1, 0.15) is 22.5 Å². The number of hydrogen-bond donors (Lipinski definition) is 1. The van der Waals surface area contributed by atoms with Crippen LogP contribution >= 0.6 is 0 Å². The van der Waals surface area contributed by atoms with E-state index in [4.69, 9.17) is 4.74 Å². The zero-order valence-electron chi connectivity index (χ0n) is 15.3. The molecular weight excluding hydrogens is 330 g/mol. The Bertz CT molecular complexity index is 932. The number of rotatable bonds is 5. The Labute approximate surface area is 152 Å². The summed E-state index contributed by atoms with van der Waals surface area (Å²) >= 11 is 0. The van der Waals surface area contributed by atoms with Crippen molar-refractivity contribution in [3.05, 3.63) is 59.2 Å². The van der Waals surface area contributed by atoms with Gasteiger partial charge in [0.05, 0.1) is 23.8 Å². The molecule has 0 fully saturated rings. The minimum absolute atomic E-state index is 0.0801. The van der Waals surface area contributed by atoms with Crippen LogP contribution in [0, 0.1) is 27.7 Å². The average molecular weight is 351 g/mol. The molecule has 0 aliphatic carbocycles. The number of ether oxygens (including phenoxy) is 1. The van der Waals surface area contributed by atoms with Gasteiger partial charge in [-0.2, -0.15) is 5.10 Å². The van der Waals surface area contributed by atoms with Crippen molar-refractivity contribution in [1.82, 2.24) is 19.7 Å². The molecule has 0 aliphatic rings. The third-order valence-electron chi connectivity index (χ3n) is 4.22. The Kier molecular flexibility index (Phi) is 4.97. The lowest BCUT2D eigenvalue weighted by molar-refractivity contribution is -0.118. The van der Waals surface area contributed by atoms with Crippen molar-refractivity contribution in [1.29, 1.82) is 0 Å². The fourth-order valence-electron chi connectivity index (χ4n) is 2.47. The maximum absolute atomic E-state index is 12.0. The van der Waals surface area contributed by atoms with Gasteiger partial charge in [-0.05, 0) is 44.9 Å². The molecular formula is C19H21N5O2. The van der Waals surface area contributed by atoms with Crippen molar-refractivity contribution in [2.45, 2.75) is 27.7 Å². The van der Waals surface area contributed by atoms with Gasteiger partial charge >= 0.3 is 0 Å². The van der Waals surface area contributed by atoms with E-state index in [1.54, 1.807) is 17.1 Å². The van der Waals surface area contributed by atoms with Gasteiger partial charge < -0.3 is 10.1 Å². The number of benzene rings is 1. The van der Waals surface area contributed by atoms with Crippen LogP contribution in [-0.4, -0.2) is 32.3 Å². The molecule has 134 valence electrons. The van der Waals surface area contributed by atoms with Crippen LogP contribution in [0.4, 0.5) is 5.69 Å². The van der Waals surface area contributed by atoms with Gasteiger partial charge in [-0.3, -0.25) is 4.79 Å². The molecule has 7 heteroatoms. The number of nitrogens with zero attached hydrogens (tertiary/aromatic N) is 4. The molecule has 1 amide bonds. The van der Waals surface area contributed by atoms with Crippen LogP contribution < -0.4 is 10.1 Å². The van der Waals surface area contributed by atoms with E-state index in [0.29, 0.717) is 17.4 Å². The monoisotopic (exact) mass is 351 g/mol. The predicted molar refractivity (Wildman–Crippen MR) is 98.7 cm³/mol. The lowest BCUT2D eigenvalue weighted by Crippen LogP contribution is -2.20. The van der Waals surface area contributed by atoms with E-state index >= 15 is 0 Å². The van der Waals surface area contributed by atoms with Gasteiger partial charge in [0.2, 0.25) is 0 Å². The number of carbonyl (C=O) groups is 1. The van der Waals surface area contributed by atoms with Crippen molar-refractivity contribution in [2.75, 3.05) is 11.9 Å². The second kappa shape index (κ2) is 7.35. The predicted octanol–water partition coefficient (Wildman–Crippen LogP) is 2.91. The molecule has 26 heavy (non-hydrogen) atoms. The third-order valence-corrected chi connectivity index (χ3v) is 4.22. The van der Waals surface area contributed by atoms with Gasteiger partial charge in [0.25, 0.3) is 11.9 Å². The fraction of sp³-hybridized carbons (Fsp3) is 0.263. The zero-order chi connectivity index (χ0) is 18.7. The van der Waals surface area contributed by atoms with Crippen molar-refractivity contribution in [3.8, 4) is 11.7 Å². The van der Waals surface area contributed by atoms with E-state index in [-0.39, 0.29) is 12.5 Å². The summed E-state index contributed by atoms with van der Waals surface area (Å²) in [5, 5.41) is 7.15. The summed E-state index contributed by atoms with van der Waals surface area (Å²) in [5.41, 5.74) is 4.53. The molecule has 0 bridgehead atoms. The Morgan fingerprint density at radius 3 is 2.42 bits per heavy atom. The van der Waals surface area contributed by atoms with E-state index in [0.717, 1.165) is 22.5 Å². The lowest BCUT2D eigenvalue weighted by atomic mass is 10.2. The molecule has 0 radical (unpaired) electrons. The van der Waals surface area contributed by atoms with E-state index in [1.165, 1.54) is 0 Å². The normalized spacial score (nSPS) is 10.6. The first-order chi connectivity index (χ1) is 12.5. The number of anilines is 1. The molecule has 0 unspecified atom stereocenters.